The maximum atomic E-state index is 3.95. The average molecular weight is 175 g/mol. The summed E-state index contributed by atoms with van der Waals surface area (Å²) in [5.74, 6) is 0.815. The van der Waals surface area contributed by atoms with Crippen LogP contribution in [0.15, 0.2) is 40.5 Å². The molecule has 68 valence electrons. The van der Waals surface area contributed by atoms with Crippen molar-refractivity contribution in [2.45, 2.75) is 0 Å². The van der Waals surface area contributed by atoms with Crippen molar-refractivity contribution in [3.05, 3.63) is 35.9 Å². The Balaban J connectivity index is 3.03. The fourth-order valence-electron chi connectivity index (χ4n) is 1.06. The summed E-state index contributed by atoms with van der Waals surface area (Å²) in [4.78, 5) is 1.91. The summed E-state index contributed by atoms with van der Waals surface area (Å²) >= 11 is 0. The molecule has 0 bridgehead atoms. The van der Waals surface area contributed by atoms with Gasteiger partial charge in [0.15, 0.2) is 5.84 Å². The van der Waals surface area contributed by atoms with Crippen molar-refractivity contribution >= 4 is 12.6 Å². The van der Waals surface area contributed by atoms with E-state index in [4.69, 9.17) is 0 Å². The standard InChI is InChI=1S/C10H13N3/c1-11-12-10(13(2)3)9-7-5-4-6-8-9/h4-8H,1H2,2-3H3/b12-10-. The summed E-state index contributed by atoms with van der Waals surface area (Å²) in [6.07, 6.45) is 0. The van der Waals surface area contributed by atoms with Gasteiger partial charge in [0.05, 0.1) is 0 Å². The molecule has 1 rings (SSSR count). The van der Waals surface area contributed by atoms with Gasteiger partial charge in [0, 0.05) is 26.4 Å². The Morgan fingerprint density at radius 3 is 2.31 bits per heavy atom. The van der Waals surface area contributed by atoms with Crippen LogP contribution in [0.5, 0.6) is 0 Å². The molecular weight excluding hydrogens is 162 g/mol. The molecular formula is C10H13N3. The van der Waals surface area contributed by atoms with Gasteiger partial charge in [-0.1, -0.05) is 30.3 Å². The van der Waals surface area contributed by atoms with Crippen molar-refractivity contribution in [2.75, 3.05) is 14.1 Å². The number of benzene rings is 1. The van der Waals surface area contributed by atoms with Gasteiger partial charge in [0.25, 0.3) is 0 Å². The molecule has 0 aliphatic carbocycles. The predicted molar refractivity (Wildman–Crippen MR) is 56.2 cm³/mol. The maximum Gasteiger partial charge on any atom is 0.157 e. The molecule has 1 aromatic rings. The lowest BCUT2D eigenvalue weighted by Crippen LogP contribution is -2.22. The second kappa shape index (κ2) is 4.40. The van der Waals surface area contributed by atoms with E-state index in [0.29, 0.717) is 0 Å². The third-order valence-corrected chi connectivity index (χ3v) is 1.62. The summed E-state index contributed by atoms with van der Waals surface area (Å²) in [5, 5.41) is 7.48. The largest absolute Gasteiger partial charge is 0.361 e. The van der Waals surface area contributed by atoms with E-state index >= 15 is 0 Å². The number of amidine groups is 1. The van der Waals surface area contributed by atoms with Gasteiger partial charge in [-0.05, 0) is 0 Å². The van der Waals surface area contributed by atoms with Gasteiger partial charge < -0.3 is 4.90 Å². The van der Waals surface area contributed by atoms with E-state index in [1.54, 1.807) is 0 Å². The summed E-state index contributed by atoms with van der Waals surface area (Å²) in [6.45, 7) is 3.34. The number of hydrogen-bond donors (Lipinski definition) is 0. The van der Waals surface area contributed by atoms with Gasteiger partial charge in [-0.3, -0.25) is 0 Å². The van der Waals surface area contributed by atoms with Gasteiger partial charge in [-0.25, -0.2) is 0 Å². The first-order valence-electron chi connectivity index (χ1n) is 4.02. The molecule has 1 aromatic carbocycles. The Morgan fingerprint density at radius 2 is 1.85 bits per heavy atom. The molecule has 0 atom stereocenters. The third kappa shape index (κ3) is 2.40. The van der Waals surface area contributed by atoms with E-state index in [-0.39, 0.29) is 0 Å². The van der Waals surface area contributed by atoms with Crippen LogP contribution in [-0.2, 0) is 0 Å². The lowest BCUT2D eigenvalue weighted by molar-refractivity contribution is 0.620. The van der Waals surface area contributed by atoms with Gasteiger partial charge >= 0.3 is 0 Å². The normalized spacial score (nSPS) is 11.1. The van der Waals surface area contributed by atoms with Crippen molar-refractivity contribution < 1.29 is 0 Å². The van der Waals surface area contributed by atoms with E-state index in [1.165, 1.54) is 0 Å². The van der Waals surface area contributed by atoms with E-state index in [1.807, 2.05) is 49.3 Å². The summed E-state index contributed by atoms with van der Waals surface area (Å²) in [6, 6.07) is 9.89. The van der Waals surface area contributed by atoms with E-state index < -0.39 is 0 Å². The van der Waals surface area contributed by atoms with E-state index in [0.717, 1.165) is 11.4 Å². The SMILES string of the molecule is C=N/N=C(/c1ccccc1)N(C)C. The second-order valence-electron chi connectivity index (χ2n) is 2.83. The molecule has 0 radical (unpaired) electrons. The van der Waals surface area contributed by atoms with Crippen LogP contribution in [0.25, 0.3) is 0 Å². The zero-order valence-electron chi connectivity index (χ0n) is 7.94. The van der Waals surface area contributed by atoms with Crippen molar-refractivity contribution in [3.8, 4) is 0 Å². The molecule has 0 spiro atoms. The molecule has 0 aromatic heterocycles. The number of rotatable bonds is 2. The molecule has 3 nitrogen and oxygen atoms in total. The first-order chi connectivity index (χ1) is 6.25. The topological polar surface area (TPSA) is 28.0 Å². The van der Waals surface area contributed by atoms with Crippen molar-refractivity contribution in [3.63, 3.8) is 0 Å². The molecule has 0 N–H and O–H groups in total. The van der Waals surface area contributed by atoms with Crippen LogP contribution in [0, 0.1) is 0 Å². The fraction of sp³-hybridized carbons (Fsp3) is 0.200. The monoisotopic (exact) mass is 175 g/mol. The van der Waals surface area contributed by atoms with Gasteiger partial charge in [0.1, 0.15) is 0 Å². The van der Waals surface area contributed by atoms with Gasteiger partial charge in [-0.2, -0.15) is 5.10 Å². The highest BCUT2D eigenvalue weighted by atomic mass is 15.3. The van der Waals surface area contributed by atoms with Gasteiger partial charge in [-0.15, -0.1) is 5.10 Å². The molecule has 0 unspecified atom stereocenters. The van der Waals surface area contributed by atoms with Crippen molar-refractivity contribution in [1.82, 2.24) is 4.90 Å². The number of nitrogens with zero attached hydrogens (tertiary/aromatic N) is 3. The molecule has 0 amide bonds. The zero-order valence-corrected chi connectivity index (χ0v) is 7.94. The molecule has 0 aliphatic rings. The zero-order chi connectivity index (χ0) is 9.68. The predicted octanol–water partition coefficient (Wildman–Crippen LogP) is 1.61. The highest BCUT2D eigenvalue weighted by molar-refractivity contribution is 5.98. The molecule has 0 saturated carbocycles. The van der Waals surface area contributed by atoms with Crippen LogP contribution in [-0.4, -0.2) is 31.5 Å². The first-order valence-corrected chi connectivity index (χ1v) is 4.02. The molecule has 13 heavy (non-hydrogen) atoms. The quantitative estimate of drug-likeness (QED) is 0.381. The van der Waals surface area contributed by atoms with Crippen molar-refractivity contribution in [1.29, 1.82) is 0 Å². The van der Waals surface area contributed by atoms with Crippen LogP contribution >= 0.6 is 0 Å². The van der Waals surface area contributed by atoms with Crippen LogP contribution in [0.1, 0.15) is 5.56 Å². The average Bonchev–Trinajstić information content (AvgIpc) is 2.15. The maximum absolute atomic E-state index is 3.95. The minimum absolute atomic E-state index is 0.815. The minimum atomic E-state index is 0.815. The lowest BCUT2D eigenvalue weighted by Gasteiger charge is -2.13. The smallest absolute Gasteiger partial charge is 0.157 e. The Labute approximate surface area is 78.4 Å². The van der Waals surface area contributed by atoms with E-state index in [9.17, 15) is 0 Å². The van der Waals surface area contributed by atoms with Crippen LogP contribution < -0.4 is 0 Å². The molecule has 3 heteroatoms. The lowest BCUT2D eigenvalue weighted by atomic mass is 10.2. The second-order valence-corrected chi connectivity index (χ2v) is 2.83. The van der Waals surface area contributed by atoms with Crippen LogP contribution in [0.4, 0.5) is 0 Å². The third-order valence-electron chi connectivity index (χ3n) is 1.62. The Kier molecular flexibility index (Phi) is 3.20. The fourth-order valence-corrected chi connectivity index (χ4v) is 1.06. The Morgan fingerprint density at radius 1 is 1.23 bits per heavy atom. The molecule has 0 heterocycles. The highest BCUT2D eigenvalue weighted by Gasteiger charge is 2.03. The molecule has 0 saturated heterocycles. The summed E-state index contributed by atoms with van der Waals surface area (Å²) in [5.41, 5.74) is 1.04. The Bertz CT molecular complexity index is 301. The first kappa shape index (κ1) is 9.45. The van der Waals surface area contributed by atoms with E-state index in [2.05, 4.69) is 16.9 Å². The van der Waals surface area contributed by atoms with Crippen LogP contribution in [0.3, 0.4) is 0 Å². The minimum Gasteiger partial charge on any atom is -0.361 e. The van der Waals surface area contributed by atoms with Crippen molar-refractivity contribution in [2.24, 2.45) is 10.2 Å². The highest BCUT2D eigenvalue weighted by Crippen LogP contribution is 2.03. The molecule has 0 aliphatic heterocycles. The summed E-state index contributed by atoms with van der Waals surface area (Å²) in [7, 11) is 3.86. The van der Waals surface area contributed by atoms with Crippen LogP contribution in [0.2, 0.25) is 0 Å². The Hall–Kier alpha value is -1.64. The number of hydrogen-bond acceptors (Lipinski definition) is 2. The molecule has 0 fully saturated rings. The van der Waals surface area contributed by atoms with Gasteiger partial charge in [0.2, 0.25) is 0 Å². The summed E-state index contributed by atoms with van der Waals surface area (Å²) < 4.78 is 0.